The number of hydrogen-bond acceptors (Lipinski definition) is 4. The molecule has 0 radical (unpaired) electrons. The highest BCUT2D eigenvalue weighted by Crippen LogP contribution is 2.24. The number of carbonyl (C=O) groups is 1. The predicted octanol–water partition coefficient (Wildman–Crippen LogP) is 4.80. The molecule has 1 fully saturated rings. The van der Waals surface area contributed by atoms with E-state index in [2.05, 4.69) is 49.1 Å². The molecule has 1 amide bonds. The van der Waals surface area contributed by atoms with Gasteiger partial charge in [0.05, 0.1) is 5.52 Å². The molecular weight excluding hydrogens is 350 g/mol. The number of hydrogen-bond donors (Lipinski definition) is 0. The van der Waals surface area contributed by atoms with Crippen LogP contribution in [0.5, 0.6) is 0 Å². The number of piperazine rings is 1. The van der Waals surface area contributed by atoms with E-state index < -0.39 is 5.60 Å². The summed E-state index contributed by atoms with van der Waals surface area (Å²) in [4.78, 5) is 21.4. The van der Waals surface area contributed by atoms with E-state index in [0.29, 0.717) is 19.0 Å². The maximum atomic E-state index is 12.3. The van der Waals surface area contributed by atoms with E-state index in [1.54, 1.807) is 0 Å². The second-order valence-corrected chi connectivity index (χ2v) is 8.78. The number of pyridine rings is 1. The minimum absolute atomic E-state index is 0.211. The number of carbonyl (C=O) groups excluding carboxylic acids is 1. The van der Waals surface area contributed by atoms with Crippen molar-refractivity contribution in [1.29, 1.82) is 0 Å². The first-order chi connectivity index (χ1) is 13.3. The molecule has 28 heavy (non-hydrogen) atoms. The van der Waals surface area contributed by atoms with Crippen molar-refractivity contribution in [3.63, 3.8) is 0 Å². The Bertz CT molecular complexity index is 820. The smallest absolute Gasteiger partial charge is 0.410 e. The van der Waals surface area contributed by atoms with Gasteiger partial charge in [0.1, 0.15) is 5.60 Å². The summed E-state index contributed by atoms with van der Waals surface area (Å²) in [6.07, 6.45) is 0.880. The van der Waals surface area contributed by atoms with Gasteiger partial charge in [0, 0.05) is 43.8 Å². The molecule has 0 spiro atoms. The second kappa shape index (κ2) is 8.48. The Morgan fingerprint density at radius 1 is 1.14 bits per heavy atom. The highest BCUT2D eigenvalue weighted by atomic mass is 16.6. The van der Waals surface area contributed by atoms with Crippen molar-refractivity contribution in [1.82, 2.24) is 14.8 Å². The van der Waals surface area contributed by atoms with Gasteiger partial charge in [-0.25, -0.2) is 4.79 Å². The summed E-state index contributed by atoms with van der Waals surface area (Å²) in [5.74, 6) is 0.467. The lowest BCUT2D eigenvalue weighted by atomic mass is 10.0. The van der Waals surface area contributed by atoms with Crippen molar-refractivity contribution in [2.24, 2.45) is 0 Å². The van der Waals surface area contributed by atoms with Gasteiger partial charge in [0.25, 0.3) is 0 Å². The average Bonchev–Trinajstić information content (AvgIpc) is 2.66. The van der Waals surface area contributed by atoms with Crippen LogP contribution >= 0.6 is 0 Å². The lowest BCUT2D eigenvalue weighted by molar-refractivity contribution is 0.0139. The van der Waals surface area contributed by atoms with Crippen molar-refractivity contribution < 1.29 is 9.53 Å². The van der Waals surface area contributed by atoms with Crippen molar-refractivity contribution >= 4 is 17.0 Å². The zero-order valence-corrected chi connectivity index (χ0v) is 17.9. The molecule has 1 unspecified atom stereocenters. The number of para-hydroxylation sites is 1. The molecule has 1 saturated heterocycles. The monoisotopic (exact) mass is 383 g/mol. The first kappa shape index (κ1) is 20.6. The van der Waals surface area contributed by atoms with Crippen LogP contribution < -0.4 is 0 Å². The highest BCUT2D eigenvalue weighted by molar-refractivity contribution is 5.82. The number of rotatable bonds is 4. The van der Waals surface area contributed by atoms with Crippen molar-refractivity contribution in [3.05, 3.63) is 41.6 Å². The third-order valence-corrected chi connectivity index (χ3v) is 5.36. The molecule has 3 rings (SSSR count). The molecule has 2 heterocycles. The van der Waals surface area contributed by atoms with Gasteiger partial charge < -0.3 is 9.64 Å². The van der Waals surface area contributed by atoms with Crippen molar-refractivity contribution in [3.8, 4) is 0 Å². The lowest BCUT2D eigenvalue weighted by Crippen LogP contribution is -2.49. The fourth-order valence-electron chi connectivity index (χ4n) is 3.49. The summed E-state index contributed by atoms with van der Waals surface area (Å²) in [5.41, 5.74) is 3.08. The van der Waals surface area contributed by atoms with Gasteiger partial charge in [-0.2, -0.15) is 0 Å². The summed E-state index contributed by atoms with van der Waals surface area (Å²) >= 11 is 0. The molecule has 1 aliphatic heterocycles. The van der Waals surface area contributed by atoms with Gasteiger partial charge in [-0.1, -0.05) is 38.1 Å². The zero-order valence-electron chi connectivity index (χ0n) is 17.9. The fourth-order valence-corrected chi connectivity index (χ4v) is 3.49. The molecule has 0 bridgehead atoms. The third-order valence-electron chi connectivity index (χ3n) is 5.36. The standard InChI is InChI=1S/C23H33N3O2/c1-6-17(2)20-11-10-18-8-7-9-19(21(18)24-20)16-25-12-14-26(15-13-25)22(27)28-23(3,4)5/h7-11,17H,6,12-16H2,1-5H3. The van der Waals surface area contributed by atoms with Crippen LogP contribution in [-0.2, 0) is 11.3 Å². The Morgan fingerprint density at radius 2 is 1.86 bits per heavy atom. The quantitative estimate of drug-likeness (QED) is 0.761. The number of benzene rings is 1. The van der Waals surface area contributed by atoms with Crippen LogP contribution in [0.15, 0.2) is 30.3 Å². The number of aromatic nitrogens is 1. The van der Waals surface area contributed by atoms with E-state index in [4.69, 9.17) is 9.72 Å². The molecular formula is C23H33N3O2. The number of amides is 1. The van der Waals surface area contributed by atoms with Crippen LogP contribution in [0.4, 0.5) is 4.79 Å². The summed E-state index contributed by atoms with van der Waals surface area (Å²) in [6, 6.07) is 10.8. The van der Waals surface area contributed by atoms with Crippen LogP contribution in [0.25, 0.3) is 10.9 Å². The Kier molecular flexibility index (Phi) is 6.23. The van der Waals surface area contributed by atoms with Crippen LogP contribution in [0.3, 0.4) is 0 Å². The minimum atomic E-state index is -0.448. The molecule has 1 aliphatic rings. The van der Waals surface area contributed by atoms with Crippen LogP contribution in [-0.4, -0.2) is 52.7 Å². The van der Waals surface area contributed by atoms with Crippen LogP contribution in [0.2, 0.25) is 0 Å². The molecule has 2 aromatic rings. The van der Waals surface area contributed by atoms with Crippen LogP contribution in [0, 0.1) is 0 Å². The topological polar surface area (TPSA) is 45.7 Å². The first-order valence-electron chi connectivity index (χ1n) is 10.4. The molecule has 1 atom stereocenters. The van der Waals surface area contributed by atoms with E-state index in [9.17, 15) is 4.79 Å². The second-order valence-electron chi connectivity index (χ2n) is 8.78. The molecule has 0 N–H and O–H groups in total. The van der Waals surface area contributed by atoms with Crippen LogP contribution in [0.1, 0.15) is 58.2 Å². The van der Waals surface area contributed by atoms with Crippen molar-refractivity contribution in [2.75, 3.05) is 26.2 Å². The van der Waals surface area contributed by atoms with Gasteiger partial charge in [-0.3, -0.25) is 9.88 Å². The van der Waals surface area contributed by atoms with Gasteiger partial charge in [0.2, 0.25) is 0 Å². The summed E-state index contributed by atoms with van der Waals surface area (Å²) < 4.78 is 5.49. The van der Waals surface area contributed by atoms with E-state index >= 15 is 0 Å². The minimum Gasteiger partial charge on any atom is -0.444 e. The average molecular weight is 384 g/mol. The first-order valence-corrected chi connectivity index (χ1v) is 10.4. The largest absolute Gasteiger partial charge is 0.444 e. The van der Waals surface area contributed by atoms with Gasteiger partial charge in [-0.05, 0) is 44.7 Å². The molecule has 1 aromatic heterocycles. The Hall–Kier alpha value is -2.14. The van der Waals surface area contributed by atoms with Crippen molar-refractivity contribution in [2.45, 2.75) is 59.1 Å². The number of ether oxygens (including phenoxy) is 1. The van der Waals surface area contributed by atoms with Gasteiger partial charge in [0.15, 0.2) is 0 Å². The summed E-state index contributed by atoms with van der Waals surface area (Å²) in [7, 11) is 0. The van der Waals surface area contributed by atoms with E-state index in [-0.39, 0.29) is 6.09 Å². The molecule has 0 saturated carbocycles. The third kappa shape index (κ3) is 5.02. The SMILES string of the molecule is CCC(C)c1ccc2cccc(CN3CCN(C(=O)OC(C)(C)C)CC3)c2n1. The van der Waals surface area contributed by atoms with E-state index in [1.165, 1.54) is 10.9 Å². The Balaban J connectivity index is 1.68. The highest BCUT2D eigenvalue weighted by Gasteiger charge is 2.26. The molecule has 1 aromatic carbocycles. The molecule has 0 aliphatic carbocycles. The fraction of sp³-hybridized carbons (Fsp3) is 0.565. The van der Waals surface area contributed by atoms with Gasteiger partial charge in [-0.15, -0.1) is 0 Å². The molecule has 5 nitrogen and oxygen atoms in total. The predicted molar refractivity (Wildman–Crippen MR) is 114 cm³/mol. The normalized spacial score (nSPS) is 17.0. The van der Waals surface area contributed by atoms with E-state index in [1.807, 2.05) is 25.7 Å². The maximum Gasteiger partial charge on any atom is 0.410 e. The summed E-state index contributed by atoms with van der Waals surface area (Å²) in [5, 5.41) is 1.19. The molecule has 152 valence electrons. The zero-order chi connectivity index (χ0) is 20.3. The number of fused-ring (bicyclic) bond motifs is 1. The Labute approximate surface area is 168 Å². The van der Waals surface area contributed by atoms with Gasteiger partial charge >= 0.3 is 6.09 Å². The maximum absolute atomic E-state index is 12.3. The molecule has 5 heteroatoms. The van der Waals surface area contributed by atoms with E-state index in [0.717, 1.165) is 37.3 Å². The summed E-state index contributed by atoms with van der Waals surface area (Å²) in [6.45, 7) is 14.1. The number of nitrogens with zero attached hydrogens (tertiary/aromatic N) is 3. The Morgan fingerprint density at radius 3 is 2.50 bits per heavy atom. The lowest BCUT2D eigenvalue weighted by Gasteiger charge is -2.35.